The summed E-state index contributed by atoms with van der Waals surface area (Å²) in [5.41, 5.74) is 3.22. The molecule has 3 rings (SSSR count). The van der Waals surface area contributed by atoms with Gasteiger partial charge in [0.05, 0.1) is 6.61 Å². The van der Waals surface area contributed by atoms with Crippen molar-refractivity contribution in [2.45, 2.75) is 39.7 Å². The number of carbonyl (C=O) groups is 1. The fraction of sp³-hybridized carbons (Fsp3) is 0.276. The molecule has 0 spiro atoms. The third-order valence-corrected chi connectivity index (χ3v) is 6.16. The molecular formula is C29H30Cl2O4. The van der Waals surface area contributed by atoms with Crippen LogP contribution in [0.3, 0.4) is 0 Å². The molecule has 1 atom stereocenters. The average molecular weight is 513 g/mol. The van der Waals surface area contributed by atoms with E-state index in [0.717, 1.165) is 22.3 Å². The van der Waals surface area contributed by atoms with Gasteiger partial charge in [0.15, 0.2) is 0 Å². The maximum atomic E-state index is 12.2. The number of hydrogen-bond donors (Lipinski definition) is 0. The topological polar surface area (TPSA) is 44.8 Å². The van der Waals surface area contributed by atoms with Crippen LogP contribution in [0.1, 0.15) is 39.7 Å². The van der Waals surface area contributed by atoms with Crippen molar-refractivity contribution in [3.63, 3.8) is 0 Å². The summed E-state index contributed by atoms with van der Waals surface area (Å²) < 4.78 is 16.9. The molecule has 6 heteroatoms. The highest BCUT2D eigenvalue weighted by Crippen LogP contribution is 2.29. The lowest BCUT2D eigenvalue weighted by Crippen LogP contribution is -2.42. The largest absolute Gasteiger partial charge is 0.490 e. The Morgan fingerprint density at radius 2 is 1.49 bits per heavy atom. The summed E-state index contributed by atoms with van der Waals surface area (Å²) in [4.78, 5) is 12.2. The summed E-state index contributed by atoms with van der Waals surface area (Å²) in [6, 6.07) is 21.0. The van der Waals surface area contributed by atoms with E-state index in [2.05, 4.69) is 24.3 Å². The fourth-order valence-corrected chi connectivity index (χ4v) is 3.96. The van der Waals surface area contributed by atoms with E-state index in [1.165, 1.54) is 0 Å². The van der Waals surface area contributed by atoms with Crippen LogP contribution in [0.2, 0.25) is 10.0 Å². The second kappa shape index (κ2) is 12.1. The van der Waals surface area contributed by atoms with Crippen molar-refractivity contribution < 1.29 is 19.0 Å². The van der Waals surface area contributed by atoms with Crippen LogP contribution < -0.4 is 9.47 Å². The molecule has 0 aliphatic carbocycles. The zero-order valence-electron chi connectivity index (χ0n) is 20.4. The summed E-state index contributed by atoms with van der Waals surface area (Å²) in [5.74, 6) is 0.930. The van der Waals surface area contributed by atoms with Crippen molar-refractivity contribution in [2.24, 2.45) is 0 Å². The number of allylic oxidation sites excluding steroid dienone is 1. The average Bonchev–Trinajstić information content (AvgIpc) is 2.84. The van der Waals surface area contributed by atoms with Crippen LogP contribution in [0.15, 0.2) is 72.8 Å². The lowest BCUT2D eigenvalue weighted by Gasteiger charge is -2.27. The molecule has 0 heterocycles. The number of rotatable bonds is 10. The summed E-state index contributed by atoms with van der Waals surface area (Å²) in [6.07, 6.45) is 2.53. The van der Waals surface area contributed by atoms with E-state index < -0.39 is 5.60 Å². The monoisotopic (exact) mass is 512 g/mol. The Bertz CT molecular complexity index is 1150. The maximum Gasteiger partial charge on any atom is 0.350 e. The van der Waals surface area contributed by atoms with E-state index in [9.17, 15) is 4.79 Å². The van der Waals surface area contributed by atoms with E-state index in [1.54, 1.807) is 32.0 Å². The lowest BCUT2D eigenvalue weighted by molar-refractivity contribution is -0.160. The molecule has 3 aromatic rings. The van der Waals surface area contributed by atoms with Crippen LogP contribution in [-0.4, -0.2) is 24.8 Å². The minimum Gasteiger partial charge on any atom is -0.490 e. The van der Waals surface area contributed by atoms with E-state index in [-0.39, 0.29) is 5.97 Å². The molecule has 4 nitrogen and oxygen atoms in total. The first kappa shape index (κ1) is 26.7. The molecule has 0 aliphatic rings. The predicted octanol–water partition coefficient (Wildman–Crippen LogP) is 8.25. The molecule has 0 amide bonds. The smallest absolute Gasteiger partial charge is 0.350 e. The molecule has 0 radical (unpaired) electrons. The second-order valence-corrected chi connectivity index (χ2v) is 9.18. The first-order valence-electron chi connectivity index (χ1n) is 11.6. The SMILES string of the molecule is CCOC(=O)C(C)(CC)Oc1ccc(OC/C=C(\C)c2ccc(-c3cc(Cl)cc(Cl)c3)cc2)cc1. The molecule has 0 fully saturated rings. The molecular weight excluding hydrogens is 483 g/mol. The Kier molecular flexibility index (Phi) is 9.25. The normalized spacial score (nSPS) is 13.1. The van der Waals surface area contributed by atoms with Gasteiger partial charge in [0, 0.05) is 10.0 Å². The van der Waals surface area contributed by atoms with Crippen molar-refractivity contribution in [1.82, 2.24) is 0 Å². The molecule has 1 unspecified atom stereocenters. The first-order valence-corrected chi connectivity index (χ1v) is 12.3. The highest BCUT2D eigenvalue weighted by atomic mass is 35.5. The third-order valence-electron chi connectivity index (χ3n) is 5.72. The fourth-order valence-electron chi connectivity index (χ4n) is 3.43. The minimum atomic E-state index is -1.02. The van der Waals surface area contributed by atoms with Crippen LogP contribution in [0.25, 0.3) is 16.7 Å². The Morgan fingerprint density at radius 1 is 0.886 bits per heavy atom. The van der Waals surface area contributed by atoms with Gasteiger partial charge in [0.25, 0.3) is 0 Å². The van der Waals surface area contributed by atoms with Gasteiger partial charge >= 0.3 is 5.97 Å². The lowest BCUT2D eigenvalue weighted by atomic mass is 10.0. The van der Waals surface area contributed by atoms with Gasteiger partial charge in [-0.2, -0.15) is 0 Å². The van der Waals surface area contributed by atoms with Gasteiger partial charge in [-0.15, -0.1) is 0 Å². The summed E-state index contributed by atoms with van der Waals surface area (Å²) in [7, 11) is 0. The van der Waals surface area contributed by atoms with Crippen molar-refractivity contribution in [1.29, 1.82) is 0 Å². The molecule has 3 aromatic carbocycles. The van der Waals surface area contributed by atoms with E-state index in [1.807, 2.05) is 44.2 Å². The maximum absolute atomic E-state index is 12.2. The Morgan fingerprint density at radius 3 is 2.06 bits per heavy atom. The van der Waals surface area contributed by atoms with Gasteiger partial charge < -0.3 is 14.2 Å². The van der Waals surface area contributed by atoms with Gasteiger partial charge in [-0.25, -0.2) is 4.79 Å². The van der Waals surface area contributed by atoms with Gasteiger partial charge in [0.1, 0.15) is 18.1 Å². The Balaban J connectivity index is 1.58. The van der Waals surface area contributed by atoms with Crippen molar-refractivity contribution in [3.8, 4) is 22.6 Å². The minimum absolute atomic E-state index is 0.318. The number of hydrogen-bond acceptors (Lipinski definition) is 4. The van der Waals surface area contributed by atoms with Crippen LogP contribution in [-0.2, 0) is 9.53 Å². The quantitative estimate of drug-likeness (QED) is 0.256. The molecule has 0 aliphatic heterocycles. The molecule has 0 aromatic heterocycles. The first-order chi connectivity index (χ1) is 16.7. The third kappa shape index (κ3) is 7.27. The molecule has 0 N–H and O–H groups in total. The van der Waals surface area contributed by atoms with Crippen LogP contribution in [0, 0.1) is 0 Å². The Labute approximate surface area is 217 Å². The number of carbonyl (C=O) groups excluding carboxylic acids is 1. The van der Waals surface area contributed by atoms with Crippen LogP contribution in [0.4, 0.5) is 0 Å². The predicted molar refractivity (Wildman–Crippen MR) is 143 cm³/mol. The van der Waals surface area contributed by atoms with Crippen LogP contribution in [0.5, 0.6) is 11.5 Å². The molecule has 0 saturated heterocycles. The van der Waals surface area contributed by atoms with Gasteiger partial charge in [-0.05, 0) is 98.0 Å². The Hall–Kier alpha value is -2.95. The summed E-state index contributed by atoms with van der Waals surface area (Å²) in [5, 5.41) is 1.23. The molecule has 0 bridgehead atoms. The zero-order valence-corrected chi connectivity index (χ0v) is 22.0. The number of halogens is 2. The molecule has 184 valence electrons. The standard InChI is InChI=1S/C29H30Cl2O4/c1-5-29(4,28(32)33-6-2)35-27-13-11-26(12-14-27)34-16-15-20(3)21-7-9-22(10-8-21)23-17-24(30)19-25(31)18-23/h7-15,17-19H,5-6,16H2,1-4H3/b20-15+. The number of esters is 1. The summed E-state index contributed by atoms with van der Waals surface area (Å²) in [6.45, 7) is 8.20. The van der Waals surface area contributed by atoms with Gasteiger partial charge in [-0.3, -0.25) is 0 Å². The molecule has 0 saturated carbocycles. The van der Waals surface area contributed by atoms with Crippen LogP contribution >= 0.6 is 23.2 Å². The number of ether oxygens (including phenoxy) is 3. The molecule has 35 heavy (non-hydrogen) atoms. The number of benzene rings is 3. The zero-order chi connectivity index (χ0) is 25.4. The van der Waals surface area contributed by atoms with E-state index >= 15 is 0 Å². The second-order valence-electron chi connectivity index (χ2n) is 8.31. The van der Waals surface area contributed by atoms with E-state index in [4.69, 9.17) is 37.4 Å². The highest BCUT2D eigenvalue weighted by Gasteiger charge is 2.35. The van der Waals surface area contributed by atoms with Crippen molar-refractivity contribution in [2.75, 3.05) is 13.2 Å². The highest BCUT2D eigenvalue weighted by molar-refractivity contribution is 6.35. The summed E-state index contributed by atoms with van der Waals surface area (Å²) >= 11 is 12.2. The van der Waals surface area contributed by atoms with E-state index in [0.29, 0.717) is 41.2 Å². The van der Waals surface area contributed by atoms with Crippen molar-refractivity contribution >= 4 is 34.7 Å². The van der Waals surface area contributed by atoms with Gasteiger partial charge in [-0.1, -0.05) is 54.4 Å². The van der Waals surface area contributed by atoms with Crippen molar-refractivity contribution in [3.05, 3.63) is 88.4 Å². The van der Waals surface area contributed by atoms with Gasteiger partial charge in [0.2, 0.25) is 5.60 Å².